The minimum Gasteiger partial charge on any atom is -0.497 e. The lowest BCUT2D eigenvalue weighted by atomic mass is 9.73. The number of benzene rings is 3. The topological polar surface area (TPSA) is 54.5 Å². The molecule has 1 aromatic heterocycles. The van der Waals surface area contributed by atoms with Crippen LogP contribution in [0.2, 0.25) is 0 Å². The van der Waals surface area contributed by atoms with Crippen molar-refractivity contribution < 1.29 is 9.30 Å². The van der Waals surface area contributed by atoms with Crippen molar-refractivity contribution in [3.8, 4) is 5.75 Å². The van der Waals surface area contributed by atoms with Crippen LogP contribution in [-0.4, -0.2) is 36.1 Å². The molecule has 0 radical (unpaired) electrons. The Morgan fingerprint density at radius 2 is 1.76 bits per heavy atom. The second kappa shape index (κ2) is 10.5. The fraction of sp³-hybridized carbons (Fsp3) is 0.281. The molecule has 0 aliphatic carbocycles. The zero-order valence-corrected chi connectivity index (χ0v) is 22.6. The number of hydrogen-bond acceptors (Lipinski definition) is 4. The van der Waals surface area contributed by atoms with E-state index in [2.05, 4.69) is 39.8 Å². The van der Waals surface area contributed by atoms with E-state index >= 15 is 4.57 Å². The standard InChI is InChI=1S/C32H34N3O2P/c1-3-23-22-35-19-17-24(23)20-31(35)32(28-16-18-33-30-15-14-25(37-2)21-29(28)30)34-38(36,26-10-6-4-7-11-26)27-12-8-5-9-13-27/h3-16,18,21,23-24,31-32H,1,17,19-20,22H2,2H3,(H,34,36)/t23-,24-,31+,32-/m0/s1. The Balaban J connectivity index is 1.52. The summed E-state index contributed by atoms with van der Waals surface area (Å²) >= 11 is 0. The molecule has 3 saturated heterocycles. The Kier molecular flexibility index (Phi) is 6.92. The van der Waals surface area contributed by atoms with Crippen LogP contribution in [0.5, 0.6) is 5.75 Å². The van der Waals surface area contributed by atoms with Gasteiger partial charge in [0.25, 0.3) is 0 Å². The Hall–Kier alpha value is -3.24. The number of fused-ring (bicyclic) bond motifs is 4. The molecule has 3 aliphatic heterocycles. The number of ether oxygens (including phenoxy) is 1. The van der Waals surface area contributed by atoms with Gasteiger partial charge in [0.15, 0.2) is 0 Å². The summed E-state index contributed by atoms with van der Waals surface area (Å²) in [7, 11) is -1.51. The van der Waals surface area contributed by atoms with Crippen molar-refractivity contribution in [2.24, 2.45) is 11.8 Å². The number of aromatic nitrogens is 1. The van der Waals surface area contributed by atoms with E-state index in [4.69, 9.17) is 4.74 Å². The van der Waals surface area contributed by atoms with Gasteiger partial charge in [0.1, 0.15) is 5.75 Å². The minimum absolute atomic E-state index is 0.174. The van der Waals surface area contributed by atoms with Crippen LogP contribution in [0.4, 0.5) is 0 Å². The quantitative estimate of drug-likeness (QED) is 0.237. The third kappa shape index (κ3) is 4.49. The van der Waals surface area contributed by atoms with E-state index < -0.39 is 7.29 Å². The van der Waals surface area contributed by atoms with Gasteiger partial charge in [0.05, 0.1) is 18.7 Å². The van der Waals surface area contributed by atoms with Crippen LogP contribution >= 0.6 is 7.29 Å². The highest BCUT2D eigenvalue weighted by Crippen LogP contribution is 2.48. The van der Waals surface area contributed by atoms with E-state index in [1.165, 1.54) is 6.42 Å². The predicted molar refractivity (Wildman–Crippen MR) is 156 cm³/mol. The average Bonchev–Trinajstić information content (AvgIpc) is 3.00. The van der Waals surface area contributed by atoms with Gasteiger partial charge in [-0.1, -0.05) is 42.5 Å². The maximum absolute atomic E-state index is 15.2. The summed E-state index contributed by atoms with van der Waals surface area (Å²) < 4.78 is 20.8. The molecule has 0 saturated carbocycles. The van der Waals surface area contributed by atoms with Gasteiger partial charge in [-0.25, -0.2) is 0 Å². The number of nitrogens with one attached hydrogen (secondary N) is 1. The summed E-state index contributed by atoms with van der Waals surface area (Å²) in [6.45, 7) is 6.16. The first kappa shape index (κ1) is 25.1. The van der Waals surface area contributed by atoms with Crippen LogP contribution < -0.4 is 20.4 Å². The van der Waals surface area contributed by atoms with Crippen molar-refractivity contribution in [3.05, 3.63) is 109 Å². The first-order chi connectivity index (χ1) is 18.6. The molecule has 5 atom stereocenters. The van der Waals surface area contributed by atoms with Crippen molar-refractivity contribution in [1.29, 1.82) is 0 Å². The fourth-order valence-corrected chi connectivity index (χ4v) is 8.88. The maximum Gasteiger partial charge on any atom is 0.205 e. The van der Waals surface area contributed by atoms with Crippen molar-refractivity contribution in [3.63, 3.8) is 0 Å². The third-order valence-electron chi connectivity index (χ3n) is 8.42. The number of pyridine rings is 1. The zero-order valence-electron chi connectivity index (χ0n) is 21.7. The summed E-state index contributed by atoms with van der Waals surface area (Å²) in [5.41, 5.74) is 2.01. The first-order valence-electron chi connectivity index (χ1n) is 13.4. The van der Waals surface area contributed by atoms with E-state index in [0.717, 1.165) is 52.3 Å². The lowest BCUT2D eigenvalue weighted by Gasteiger charge is -2.52. The molecule has 4 heterocycles. The third-order valence-corrected chi connectivity index (χ3v) is 11.1. The zero-order chi connectivity index (χ0) is 26.1. The van der Waals surface area contributed by atoms with Crippen LogP contribution in [0.1, 0.15) is 24.4 Å². The van der Waals surface area contributed by atoms with Crippen LogP contribution in [0.3, 0.4) is 0 Å². The SMILES string of the molecule is C=C[C@H]1CN2CC[C@H]1C[C@@H]2[C@@H](NP(=O)(c1ccccc1)c1ccccc1)c1ccnc2ccc(OC)cc12. The van der Waals surface area contributed by atoms with E-state index in [-0.39, 0.29) is 12.1 Å². The van der Waals surface area contributed by atoms with Crippen molar-refractivity contribution in [2.75, 3.05) is 20.2 Å². The highest BCUT2D eigenvalue weighted by molar-refractivity contribution is 7.76. The minimum atomic E-state index is -3.20. The van der Waals surface area contributed by atoms with Gasteiger partial charge in [-0.2, -0.15) is 0 Å². The molecule has 0 amide bonds. The van der Waals surface area contributed by atoms with Gasteiger partial charge in [-0.3, -0.25) is 19.5 Å². The lowest BCUT2D eigenvalue weighted by molar-refractivity contribution is 0.00490. The molecule has 3 fully saturated rings. The molecule has 194 valence electrons. The Morgan fingerprint density at radius 3 is 2.37 bits per heavy atom. The Labute approximate surface area is 225 Å². The van der Waals surface area contributed by atoms with Crippen molar-refractivity contribution in [2.45, 2.75) is 24.9 Å². The molecule has 3 aromatic carbocycles. The monoisotopic (exact) mass is 523 g/mol. The number of rotatable bonds is 8. The Morgan fingerprint density at radius 1 is 1.05 bits per heavy atom. The van der Waals surface area contributed by atoms with Crippen molar-refractivity contribution in [1.82, 2.24) is 15.0 Å². The van der Waals surface area contributed by atoms with Gasteiger partial charge >= 0.3 is 0 Å². The highest BCUT2D eigenvalue weighted by Gasteiger charge is 2.45. The highest BCUT2D eigenvalue weighted by atomic mass is 31.2. The predicted octanol–water partition coefficient (Wildman–Crippen LogP) is 5.70. The molecule has 3 aliphatic rings. The van der Waals surface area contributed by atoms with Gasteiger partial charge < -0.3 is 4.74 Å². The lowest BCUT2D eigenvalue weighted by Crippen LogP contribution is -2.57. The van der Waals surface area contributed by atoms with Crippen LogP contribution in [0.15, 0.2) is 104 Å². The molecule has 7 rings (SSSR count). The van der Waals surface area contributed by atoms with Gasteiger partial charge in [0.2, 0.25) is 7.29 Å². The van der Waals surface area contributed by atoms with Gasteiger partial charge in [0, 0.05) is 34.8 Å². The molecule has 1 unspecified atom stereocenters. The van der Waals surface area contributed by atoms with E-state index in [1.807, 2.05) is 79.0 Å². The summed E-state index contributed by atoms with van der Waals surface area (Å²) in [6, 6.07) is 27.9. The molecule has 38 heavy (non-hydrogen) atoms. The summed E-state index contributed by atoms with van der Waals surface area (Å²) in [5.74, 6) is 1.88. The molecule has 1 N–H and O–H groups in total. The van der Waals surface area contributed by atoms with E-state index in [9.17, 15) is 0 Å². The molecular weight excluding hydrogens is 489 g/mol. The summed E-state index contributed by atoms with van der Waals surface area (Å²) in [6.07, 6.45) is 6.21. The second-order valence-electron chi connectivity index (χ2n) is 10.4. The van der Waals surface area contributed by atoms with Gasteiger partial charge in [-0.05, 0) is 85.3 Å². The summed E-state index contributed by atoms with van der Waals surface area (Å²) in [5, 5.41) is 6.47. The summed E-state index contributed by atoms with van der Waals surface area (Å²) in [4.78, 5) is 7.23. The van der Waals surface area contributed by atoms with Crippen LogP contribution in [0, 0.1) is 11.8 Å². The van der Waals surface area contributed by atoms with Crippen LogP contribution in [-0.2, 0) is 4.57 Å². The number of hydrogen-bond donors (Lipinski definition) is 1. The van der Waals surface area contributed by atoms with E-state index in [0.29, 0.717) is 11.8 Å². The number of piperidine rings is 3. The fourth-order valence-electron chi connectivity index (χ4n) is 6.40. The molecule has 4 aromatic rings. The number of nitrogens with zero attached hydrogens (tertiary/aromatic N) is 2. The number of methoxy groups -OCH3 is 1. The maximum atomic E-state index is 15.2. The normalized spacial score (nSPS) is 23.7. The molecular formula is C32H34N3O2P. The Bertz CT molecular complexity index is 1430. The van der Waals surface area contributed by atoms with E-state index in [1.54, 1.807) is 7.11 Å². The smallest absolute Gasteiger partial charge is 0.205 e. The second-order valence-corrected chi connectivity index (χ2v) is 12.9. The molecule has 2 bridgehead atoms. The van der Waals surface area contributed by atoms with Gasteiger partial charge in [-0.15, -0.1) is 6.58 Å². The van der Waals surface area contributed by atoms with Crippen LogP contribution in [0.25, 0.3) is 10.9 Å². The first-order valence-corrected chi connectivity index (χ1v) is 15.1. The molecule has 0 spiro atoms. The average molecular weight is 524 g/mol. The largest absolute Gasteiger partial charge is 0.497 e. The molecule has 6 heteroatoms. The van der Waals surface area contributed by atoms with Crippen molar-refractivity contribution >= 4 is 28.8 Å². The molecule has 5 nitrogen and oxygen atoms in total.